The van der Waals surface area contributed by atoms with E-state index in [0.717, 1.165) is 24.2 Å². The molecule has 0 amide bonds. The third-order valence-electron chi connectivity index (χ3n) is 2.39. The zero-order valence-electron chi connectivity index (χ0n) is 8.37. The monoisotopic (exact) mass is 194 g/mol. The van der Waals surface area contributed by atoms with E-state index in [1.54, 1.807) is 7.11 Å². The molecule has 1 saturated carbocycles. The number of hydrogen-bond donors (Lipinski definition) is 2. The number of nitrogens with one attached hydrogen (secondary N) is 1. The summed E-state index contributed by atoms with van der Waals surface area (Å²) in [7, 11) is 1.60. The molecule has 2 rings (SSSR count). The van der Waals surface area contributed by atoms with Crippen LogP contribution in [-0.2, 0) is 0 Å². The Morgan fingerprint density at radius 1 is 1.43 bits per heavy atom. The Morgan fingerprint density at radius 2 is 2.14 bits per heavy atom. The molecular weight excluding hydrogens is 180 g/mol. The van der Waals surface area contributed by atoms with Gasteiger partial charge in [0, 0.05) is 5.92 Å². The number of hydrazine groups is 1. The van der Waals surface area contributed by atoms with Gasteiger partial charge in [0.05, 0.1) is 12.7 Å². The van der Waals surface area contributed by atoms with Gasteiger partial charge in [0.2, 0.25) is 5.88 Å². The Balaban J connectivity index is 2.43. The molecule has 14 heavy (non-hydrogen) atoms. The van der Waals surface area contributed by atoms with E-state index >= 15 is 0 Å². The molecule has 0 unspecified atom stereocenters. The van der Waals surface area contributed by atoms with Gasteiger partial charge in [0.1, 0.15) is 11.6 Å². The summed E-state index contributed by atoms with van der Waals surface area (Å²) in [5, 5.41) is 0. The first-order chi connectivity index (χ1) is 6.76. The van der Waals surface area contributed by atoms with E-state index in [0.29, 0.717) is 17.6 Å². The van der Waals surface area contributed by atoms with Crippen LogP contribution in [0.2, 0.25) is 0 Å². The highest BCUT2D eigenvalue weighted by Gasteiger charge is 2.28. The summed E-state index contributed by atoms with van der Waals surface area (Å²) in [4.78, 5) is 8.67. The van der Waals surface area contributed by atoms with Crippen LogP contribution in [0.3, 0.4) is 0 Å². The van der Waals surface area contributed by atoms with Crippen LogP contribution in [0.15, 0.2) is 0 Å². The van der Waals surface area contributed by atoms with Crippen molar-refractivity contribution >= 4 is 5.82 Å². The number of methoxy groups -OCH3 is 1. The molecule has 0 aromatic carbocycles. The predicted octanol–water partition coefficient (Wildman–Crippen LogP) is 0.957. The normalized spacial score (nSPS) is 15.4. The van der Waals surface area contributed by atoms with Crippen LogP contribution in [0.4, 0.5) is 5.82 Å². The highest BCUT2D eigenvalue weighted by Crippen LogP contribution is 2.39. The molecule has 5 nitrogen and oxygen atoms in total. The molecule has 1 heterocycles. The summed E-state index contributed by atoms with van der Waals surface area (Å²) in [5.41, 5.74) is 3.41. The topological polar surface area (TPSA) is 73.1 Å². The lowest BCUT2D eigenvalue weighted by Crippen LogP contribution is -2.13. The summed E-state index contributed by atoms with van der Waals surface area (Å²) in [6.45, 7) is 1.88. The van der Waals surface area contributed by atoms with E-state index in [1.807, 2.05) is 6.92 Å². The predicted molar refractivity (Wildman–Crippen MR) is 53.1 cm³/mol. The second-order valence-electron chi connectivity index (χ2n) is 3.48. The fourth-order valence-corrected chi connectivity index (χ4v) is 1.38. The SMILES string of the molecule is COc1nc(C2CC2)nc(NN)c1C. The van der Waals surface area contributed by atoms with Gasteiger partial charge < -0.3 is 10.2 Å². The lowest BCUT2D eigenvalue weighted by Gasteiger charge is -2.09. The third kappa shape index (κ3) is 1.50. The lowest BCUT2D eigenvalue weighted by molar-refractivity contribution is 0.391. The fraction of sp³-hybridized carbons (Fsp3) is 0.556. The van der Waals surface area contributed by atoms with E-state index in [4.69, 9.17) is 10.6 Å². The minimum atomic E-state index is 0.497. The quantitative estimate of drug-likeness (QED) is 0.553. The van der Waals surface area contributed by atoms with Gasteiger partial charge in [0.15, 0.2) is 0 Å². The summed E-state index contributed by atoms with van der Waals surface area (Å²) in [6, 6.07) is 0. The zero-order valence-corrected chi connectivity index (χ0v) is 8.37. The van der Waals surface area contributed by atoms with Gasteiger partial charge >= 0.3 is 0 Å². The molecule has 1 aliphatic rings. The zero-order chi connectivity index (χ0) is 10.1. The van der Waals surface area contributed by atoms with Crippen molar-refractivity contribution in [1.82, 2.24) is 9.97 Å². The molecule has 1 fully saturated rings. The van der Waals surface area contributed by atoms with Crippen LogP contribution in [-0.4, -0.2) is 17.1 Å². The van der Waals surface area contributed by atoms with Crippen molar-refractivity contribution in [3.05, 3.63) is 11.4 Å². The van der Waals surface area contributed by atoms with Crippen molar-refractivity contribution in [2.24, 2.45) is 5.84 Å². The van der Waals surface area contributed by atoms with Crippen LogP contribution in [0, 0.1) is 6.92 Å². The first kappa shape index (κ1) is 9.21. The highest BCUT2D eigenvalue weighted by atomic mass is 16.5. The number of hydrogen-bond acceptors (Lipinski definition) is 5. The summed E-state index contributed by atoms with van der Waals surface area (Å²) in [5.74, 6) is 7.96. The van der Waals surface area contributed by atoms with Crippen LogP contribution >= 0.6 is 0 Å². The number of ether oxygens (including phenoxy) is 1. The van der Waals surface area contributed by atoms with Crippen molar-refractivity contribution < 1.29 is 4.74 Å². The molecule has 0 saturated heterocycles. The average Bonchev–Trinajstić information content (AvgIpc) is 3.02. The molecule has 3 N–H and O–H groups in total. The van der Waals surface area contributed by atoms with Crippen molar-refractivity contribution in [1.29, 1.82) is 0 Å². The standard InChI is InChI=1S/C9H14N4O/c1-5-7(13-10)11-8(6-3-4-6)12-9(5)14-2/h6H,3-4,10H2,1-2H3,(H,11,12,13). The number of rotatable bonds is 3. The minimum absolute atomic E-state index is 0.497. The number of anilines is 1. The van der Waals surface area contributed by atoms with Crippen LogP contribution in [0.5, 0.6) is 5.88 Å². The molecule has 0 aliphatic heterocycles. The van der Waals surface area contributed by atoms with Crippen molar-refractivity contribution in [2.45, 2.75) is 25.7 Å². The molecule has 1 aliphatic carbocycles. The van der Waals surface area contributed by atoms with E-state index in [1.165, 1.54) is 0 Å². The van der Waals surface area contributed by atoms with Crippen LogP contribution in [0.25, 0.3) is 0 Å². The molecule has 0 radical (unpaired) electrons. The molecule has 1 aromatic rings. The molecule has 76 valence electrons. The Kier molecular flexibility index (Phi) is 2.25. The molecule has 1 aromatic heterocycles. The Morgan fingerprint density at radius 3 is 2.64 bits per heavy atom. The van der Waals surface area contributed by atoms with E-state index in [2.05, 4.69) is 15.4 Å². The van der Waals surface area contributed by atoms with Crippen molar-refractivity contribution in [3.63, 3.8) is 0 Å². The average molecular weight is 194 g/mol. The molecule has 0 bridgehead atoms. The Bertz CT molecular complexity index is 324. The van der Waals surface area contributed by atoms with E-state index in [9.17, 15) is 0 Å². The molecule has 0 spiro atoms. The van der Waals surface area contributed by atoms with Crippen LogP contribution in [0.1, 0.15) is 30.1 Å². The van der Waals surface area contributed by atoms with Crippen LogP contribution < -0.4 is 16.0 Å². The van der Waals surface area contributed by atoms with Gasteiger partial charge in [-0.1, -0.05) is 0 Å². The van der Waals surface area contributed by atoms with Crippen molar-refractivity contribution in [3.8, 4) is 5.88 Å². The second kappa shape index (κ2) is 3.42. The Hall–Kier alpha value is -1.36. The fourth-order valence-electron chi connectivity index (χ4n) is 1.38. The van der Waals surface area contributed by atoms with E-state index < -0.39 is 0 Å². The number of nitrogens with two attached hydrogens (primary N) is 1. The second-order valence-corrected chi connectivity index (χ2v) is 3.48. The van der Waals surface area contributed by atoms with Gasteiger partial charge in [-0.15, -0.1) is 0 Å². The van der Waals surface area contributed by atoms with Gasteiger partial charge in [-0.2, -0.15) is 4.98 Å². The van der Waals surface area contributed by atoms with Gasteiger partial charge in [-0.3, -0.25) is 0 Å². The van der Waals surface area contributed by atoms with Gasteiger partial charge in [-0.25, -0.2) is 10.8 Å². The summed E-state index contributed by atoms with van der Waals surface area (Å²) >= 11 is 0. The number of aromatic nitrogens is 2. The highest BCUT2D eigenvalue weighted by molar-refractivity contribution is 5.48. The minimum Gasteiger partial charge on any atom is -0.481 e. The van der Waals surface area contributed by atoms with E-state index in [-0.39, 0.29) is 0 Å². The first-order valence-corrected chi connectivity index (χ1v) is 4.65. The molecule has 5 heteroatoms. The number of nitrogens with zero attached hydrogens (tertiary/aromatic N) is 2. The van der Waals surface area contributed by atoms with Gasteiger partial charge in [-0.05, 0) is 19.8 Å². The maximum Gasteiger partial charge on any atom is 0.221 e. The molecular formula is C9H14N4O. The third-order valence-corrected chi connectivity index (χ3v) is 2.39. The van der Waals surface area contributed by atoms with Crippen molar-refractivity contribution in [2.75, 3.05) is 12.5 Å². The summed E-state index contributed by atoms with van der Waals surface area (Å²) in [6.07, 6.45) is 2.33. The molecule has 0 atom stereocenters. The Labute approximate surface area is 82.7 Å². The van der Waals surface area contributed by atoms with Gasteiger partial charge in [0.25, 0.3) is 0 Å². The number of nitrogen functional groups attached to an aromatic ring is 1. The largest absolute Gasteiger partial charge is 0.481 e. The maximum atomic E-state index is 5.37. The lowest BCUT2D eigenvalue weighted by atomic mass is 10.3. The first-order valence-electron chi connectivity index (χ1n) is 4.65. The summed E-state index contributed by atoms with van der Waals surface area (Å²) < 4.78 is 5.16. The smallest absolute Gasteiger partial charge is 0.221 e. The maximum absolute atomic E-state index is 5.37.